The van der Waals surface area contributed by atoms with Crippen molar-refractivity contribution in [3.63, 3.8) is 0 Å². The number of carbonyl (C=O) groups excluding carboxylic acids is 4. The Bertz CT molecular complexity index is 2840. The fourth-order valence-corrected chi connectivity index (χ4v) is 10.3. The normalized spacial score (nSPS) is 20.5. The molecular formula is C51H54N8O10. The maximum Gasteiger partial charge on any atom is 0.413 e. The number of hydrogen-bond donors (Lipinski definition) is 2. The lowest BCUT2D eigenvalue weighted by Gasteiger charge is -2.43. The van der Waals surface area contributed by atoms with Crippen molar-refractivity contribution >= 4 is 46.2 Å². The molecule has 0 radical (unpaired) electrons. The van der Waals surface area contributed by atoms with Gasteiger partial charge in [0.15, 0.2) is 28.7 Å². The smallest absolute Gasteiger partial charge is 0.413 e. The lowest BCUT2D eigenvalue weighted by atomic mass is 9.73. The molecule has 6 heterocycles. The molecule has 4 fully saturated rings. The summed E-state index contributed by atoms with van der Waals surface area (Å²) in [6, 6.07) is 15.6. The van der Waals surface area contributed by atoms with Gasteiger partial charge in [0.05, 0.1) is 43.7 Å². The molecule has 0 spiro atoms. The summed E-state index contributed by atoms with van der Waals surface area (Å²) in [6.45, 7) is 1.96. The van der Waals surface area contributed by atoms with Crippen LogP contribution < -0.4 is 38.6 Å². The number of piperidine rings is 1. The third-order valence-electron chi connectivity index (χ3n) is 14.3. The molecule has 4 amide bonds. The molecule has 2 saturated heterocycles. The van der Waals surface area contributed by atoms with Gasteiger partial charge in [-0.25, -0.2) is 19.8 Å². The number of hydrazone groups is 1. The number of ether oxygens (including phenoxy) is 6. The standard InChI is InChI=1S/C51H54N8O10/c1-64-37-14-11-31(24-40(37)65-2)44-34-5-3-4-6-35(34)49(61)59(56-44)33-17-20-57(21-18-33)50(62)36(23-29-9-12-32(13-10-29)58-22-19-42(58)60)55-51(63)69-41-25-52-47-45(41)53-27-54-46(47)43-38(66-26-30-7-8-30)15-16-39-48(43)68-28-67-39/h9-16,24-25,27,30,33-36,52H,3-8,17-23,26,28H2,1-2H3,(H,55,63)/t34-,35+,36+/m0/s1. The van der Waals surface area contributed by atoms with Crippen LogP contribution >= 0.6 is 0 Å². The number of methoxy groups -OCH3 is 2. The molecule has 2 aromatic heterocycles. The zero-order valence-electron chi connectivity index (χ0n) is 38.6. The molecular weight excluding hydrogens is 885 g/mol. The van der Waals surface area contributed by atoms with Crippen molar-refractivity contribution < 1.29 is 47.6 Å². The summed E-state index contributed by atoms with van der Waals surface area (Å²) >= 11 is 0. The van der Waals surface area contributed by atoms with Crippen LogP contribution in [0.4, 0.5) is 10.5 Å². The first kappa shape index (κ1) is 44.2. The minimum atomic E-state index is -1.02. The van der Waals surface area contributed by atoms with Crippen LogP contribution in [-0.2, 0) is 20.8 Å². The van der Waals surface area contributed by atoms with Crippen LogP contribution in [0.3, 0.4) is 0 Å². The lowest BCUT2D eigenvalue weighted by molar-refractivity contribution is -0.143. The van der Waals surface area contributed by atoms with Crippen molar-refractivity contribution in [2.75, 3.05) is 52.2 Å². The number of fused-ring (bicyclic) bond motifs is 3. The highest BCUT2D eigenvalue weighted by atomic mass is 16.7. The number of H-pyrrole nitrogens is 1. The van der Waals surface area contributed by atoms with E-state index in [-0.39, 0.29) is 54.6 Å². The van der Waals surface area contributed by atoms with E-state index in [4.69, 9.17) is 33.5 Å². The van der Waals surface area contributed by atoms with Gasteiger partial charge in [-0.2, -0.15) is 5.10 Å². The maximum absolute atomic E-state index is 14.6. The lowest BCUT2D eigenvalue weighted by Crippen LogP contribution is -2.56. The summed E-state index contributed by atoms with van der Waals surface area (Å²) in [5.74, 6) is 3.13. The molecule has 2 aliphatic carbocycles. The zero-order valence-corrected chi connectivity index (χ0v) is 38.6. The van der Waals surface area contributed by atoms with Crippen LogP contribution in [0.1, 0.15) is 68.9 Å². The highest BCUT2D eigenvalue weighted by Crippen LogP contribution is 2.49. The van der Waals surface area contributed by atoms with Gasteiger partial charge in [0.2, 0.25) is 24.5 Å². The number of amides is 4. The Balaban J connectivity index is 0.825. The average molecular weight is 939 g/mol. The second-order valence-corrected chi connectivity index (χ2v) is 18.6. The summed E-state index contributed by atoms with van der Waals surface area (Å²) < 4.78 is 34.9. The first-order chi connectivity index (χ1) is 33.7. The topological polar surface area (TPSA) is 199 Å². The highest BCUT2D eigenvalue weighted by molar-refractivity contribution is 6.07. The molecule has 11 rings (SSSR count). The molecule has 69 heavy (non-hydrogen) atoms. The Labute approximate surface area is 398 Å². The van der Waals surface area contributed by atoms with Gasteiger partial charge >= 0.3 is 6.09 Å². The number of nitrogens with one attached hydrogen (secondary N) is 2. The number of aromatic amines is 1. The third kappa shape index (κ3) is 8.60. The highest BCUT2D eigenvalue weighted by Gasteiger charge is 2.44. The predicted molar refractivity (Wildman–Crippen MR) is 252 cm³/mol. The Hall–Kier alpha value is -7.37. The van der Waals surface area contributed by atoms with E-state index in [9.17, 15) is 19.2 Å². The van der Waals surface area contributed by atoms with Crippen LogP contribution in [0, 0.1) is 17.8 Å². The average Bonchev–Trinajstić information content (AvgIpc) is 3.94. The molecule has 0 bridgehead atoms. The fourth-order valence-electron chi connectivity index (χ4n) is 10.3. The molecule has 2 saturated carbocycles. The predicted octanol–water partition coefficient (Wildman–Crippen LogP) is 6.64. The number of benzene rings is 3. The van der Waals surface area contributed by atoms with Crippen LogP contribution in [0.25, 0.3) is 22.3 Å². The molecule has 0 unspecified atom stereocenters. The van der Waals surface area contributed by atoms with Crippen molar-refractivity contribution in [2.45, 2.75) is 76.3 Å². The molecule has 3 atom stereocenters. The largest absolute Gasteiger partial charge is 0.493 e. The molecule has 6 aliphatic rings. The molecule has 4 aliphatic heterocycles. The molecule has 18 nitrogen and oxygen atoms in total. The van der Waals surface area contributed by atoms with Gasteiger partial charge in [0, 0.05) is 61.8 Å². The van der Waals surface area contributed by atoms with E-state index in [2.05, 4.69) is 20.3 Å². The Morgan fingerprint density at radius 2 is 1.64 bits per heavy atom. The molecule has 358 valence electrons. The minimum absolute atomic E-state index is 0.00586. The van der Waals surface area contributed by atoms with Gasteiger partial charge in [0.1, 0.15) is 29.3 Å². The van der Waals surface area contributed by atoms with Crippen molar-refractivity contribution in [1.82, 2.24) is 30.2 Å². The quantitative estimate of drug-likeness (QED) is 0.113. The van der Waals surface area contributed by atoms with Crippen molar-refractivity contribution in [3.05, 3.63) is 78.2 Å². The SMILES string of the molecule is COc1ccc(C2=NN(C3CCN(C(=O)[C@@H](Cc4ccc(N5CCC5=O)cc4)NC(=O)Oc4c[nH]c5c(-c6c(OCC7CC7)ccc7c6OCO7)ncnc45)CC3)C(=O)[C@@H]3CCCC[C@H]23)cc1OC. The number of rotatable bonds is 14. The van der Waals surface area contributed by atoms with Crippen molar-refractivity contribution in [2.24, 2.45) is 22.9 Å². The number of aromatic nitrogens is 3. The molecule has 18 heteroatoms. The second kappa shape index (κ2) is 18.6. The van der Waals surface area contributed by atoms with Crippen LogP contribution in [0.2, 0.25) is 0 Å². The third-order valence-corrected chi connectivity index (χ3v) is 14.3. The van der Waals surface area contributed by atoms with Crippen LogP contribution in [0.15, 0.2) is 72.2 Å². The van der Waals surface area contributed by atoms with E-state index in [1.165, 1.54) is 12.5 Å². The van der Waals surface area contributed by atoms with Gasteiger partial charge in [-0.15, -0.1) is 0 Å². The van der Waals surface area contributed by atoms with Gasteiger partial charge in [-0.3, -0.25) is 14.4 Å². The van der Waals surface area contributed by atoms with Gasteiger partial charge < -0.3 is 48.5 Å². The Kier molecular flexibility index (Phi) is 11.9. The summed E-state index contributed by atoms with van der Waals surface area (Å²) in [7, 11) is 3.21. The zero-order chi connectivity index (χ0) is 47.2. The van der Waals surface area contributed by atoms with Crippen LogP contribution in [0.5, 0.6) is 34.5 Å². The maximum atomic E-state index is 14.6. The minimum Gasteiger partial charge on any atom is -0.493 e. The second-order valence-electron chi connectivity index (χ2n) is 18.6. The first-order valence-corrected chi connectivity index (χ1v) is 23.9. The van der Waals surface area contributed by atoms with E-state index < -0.39 is 12.1 Å². The summed E-state index contributed by atoms with van der Waals surface area (Å²) in [5.41, 5.74) is 5.24. The Morgan fingerprint density at radius 3 is 2.38 bits per heavy atom. The van der Waals surface area contributed by atoms with E-state index in [0.717, 1.165) is 61.1 Å². The first-order valence-electron chi connectivity index (χ1n) is 23.9. The van der Waals surface area contributed by atoms with Gasteiger partial charge in [-0.05, 0) is 92.5 Å². The van der Waals surface area contributed by atoms with E-state index >= 15 is 0 Å². The molecule has 5 aromatic rings. The number of nitrogens with zero attached hydrogens (tertiary/aromatic N) is 6. The van der Waals surface area contributed by atoms with Gasteiger partial charge in [-0.1, -0.05) is 25.0 Å². The van der Waals surface area contributed by atoms with Crippen molar-refractivity contribution in [1.29, 1.82) is 0 Å². The monoisotopic (exact) mass is 938 g/mol. The fraction of sp³-hybridized carbons (Fsp3) is 0.431. The molecule has 2 N–H and O–H groups in total. The van der Waals surface area contributed by atoms with E-state index in [1.54, 1.807) is 29.0 Å². The van der Waals surface area contributed by atoms with Crippen molar-refractivity contribution in [3.8, 4) is 45.8 Å². The number of anilines is 1. The number of β-lactam (4-membered cyclic amide) rings is 1. The number of likely N-dealkylation sites (tertiary alicyclic amines) is 1. The number of carbonyl (C=O) groups is 4. The van der Waals surface area contributed by atoms with E-state index in [1.807, 2.05) is 54.6 Å². The summed E-state index contributed by atoms with van der Waals surface area (Å²) in [4.78, 5) is 70.8. The van der Waals surface area contributed by atoms with Gasteiger partial charge in [0.25, 0.3) is 0 Å². The Morgan fingerprint density at radius 1 is 0.855 bits per heavy atom. The summed E-state index contributed by atoms with van der Waals surface area (Å²) in [5, 5.41) is 9.65. The summed E-state index contributed by atoms with van der Waals surface area (Å²) in [6.07, 6.45) is 9.66. The number of hydrogen-bond acceptors (Lipinski definition) is 13. The van der Waals surface area contributed by atoms with E-state index in [0.29, 0.717) is 102 Å². The molecule has 3 aromatic carbocycles. The van der Waals surface area contributed by atoms with Crippen LogP contribution in [-0.4, -0.2) is 114 Å².